The first-order valence-electron chi connectivity index (χ1n) is 3.95. The largest absolute Gasteiger partial charge is 0.345 e. The Kier molecular flexibility index (Phi) is 2.23. The van der Waals surface area contributed by atoms with Crippen LogP contribution in [0, 0.1) is 6.92 Å². The molecule has 0 unspecified atom stereocenters. The highest BCUT2D eigenvalue weighted by atomic mass is 32.1. The maximum absolute atomic E-state index is 3.77. The Morgan fingerprint density at radius 3 is 2.62 bits per heavy atom. The molecule has 0 spiro atoms. The van der Waals surface area contributed by atoms with E-state index in [1.807, 2.05) is 12.1 Å². The van der Waals surface area contributed by atoms with Crippen molar-refractivity contribution in [2.45, 2.75) is 6.92 Å². The zero-order valence-electron chi connectivity index (χ0n) is 7.19. The number of hydrogen-bond acceptors (Lipinski definition) is 4. The topological polar surface area (TPSA) is 37.8 Å². The molecule has 0 fully saturated rings. The summed E-state index contributed by atoms with van der Waals surface area (Å²) in [7, 11) is 0. The van der Waals surface area contributed by atoms with Crippen molar-refractivity contribution in [2.24, 2.45) is 0 Å². The van der Waals surface area contributed by atoms with E-state index in [0.29, 0.717) is 0 Å². The first-order chi connectivity index (χ1) is 6.34. The van der Waals surface area contributed by atoms with Crippen LogP contribution in [0.2, 0.25) is 0 Å². The predicted molar refractivity (Wildman–Crippen MR) is 54.4 cm³/mol. The molecule has 0 aliphatic rings. The van der Waals surface area contributed by atoms with Gasteiger partial charge in [-0.25, -0.2) is 0 Å². The number of aromatic nitrogens is 2. The van der Waals surface area contributed by atoms with Crippen LogP contribution in [0.3, 0.4) is 0 Å². The SMILES string of the molecule is Cc1ccc(Nc2cnns2)cc1. The van der Waals surface area contributed by atoms with Crippen molar-refractivity contribution in [2.75, 3.05) is 5.32 Å². The van der Waals surface area contributed by atoms with Crippen molar-refractivity contribution in [1.29, 1.82) is 0 Å². The standard InChI is InChI=1S/C9H9N3S/c1-7-2-4-8(5-3-7)11-9-6-10-12-13-9/h2-6,11H,1H3. The van der Waals surface area contributed by atoms with E-state index in [-0.39, 0.29) is 0 Å². The lowest BCUT2D eigenvalue weighted by Gasteiger charge is -2.01. The van der Waals surface area contributed by atoms with Gasteiger partial charge in [-0.3, -0.25) is 0 Å². The van der Waals surface area contributed by atoms with Crippen molar-refractivity contribution >= 4 is 22.2 Å². The minimum atomic E-state index is 0.962. The lowest BCUT2D eigenvalue weighted by Crippen LogP contribution is -1.86. The minimum absolute atomic E-state index is 0.962. The molecule has 1 heterocycles. The first-order valence-corrected chi connectivity index (χ1v) is 4.73. The summed E-state index contributed by atoms with van der Waals surface area (Å²) in [4.78, 5) is 0. The second kappa shape index (κ2) is 3.53. The van der Waals surface area contributed by atoms with Crippen LogP contribution in [0.4, 0.5) is 10.7 Å². The third kappa shape index (κ3) is 2.03. The zero-order valence-corrected chi connectivity index (χ0v) is 8.01. The van der Waals surface area contributed by atoms with Gasteiger partial charge in [0.1, 0.15) is 5.00 Å². The van der Waals surface area contributed by atoms with Crippen LogP contribution in [-0.4, -0.2) is 9.59 Å². The Balaban J connectivity index is 2.15. The molecule has 0 aliphatic carbocycles. The molecule has 0 saturated carbocycles. The minimum Gasteiger partial charge on any atom is -0.345 e. The Morgan fingerprint density at radius 1 is 1.23 bits per heavy atom. The quantitative estimate of drug-likeness (QED) is 0.792. The Morgan fingerprint density at radius 2 is 2.00 bits per heavy atom. The second-order valence-electron chi connectivity index (χ2n) is 2.77. The van der Waals surface area contributed by atoms with Gasteiger partial charge >= 0.3 is 0 Å². The van der Waals surface area contributed by atoms with E-state index in [9.17, 15) is 0 Å². The molecule has 0 atom stereocenters. The van der Waals surface area contributed by atoms with Gasteiger partial charge in [0.15, 0.2) is 0 Å². The highest BCUT2D eigenvalue weighted by molar-refractivity contribution is 7.09. The van der Waals surface area contributed by atoms with Crippen LogP contribution in [-0.2, 0) is 0 Å². The Labute approximate surface area is 80.6 Å². The summed E-state index contributed by atoms with van der Waals surface area (Å²) < 4.78 is 3.77. The number of aryl methyl sites for hydroxylation is 1. The molecule has 4 heteroatoms. The lowest BCUT2D eigenvalue weighted by molar-refractivity contribution is 1.16. The monoisotopic (exact) mass is 191 g/mol. The van der Waals surface area contributed by atoms with Gasteiger partial charge < -0.3 is 5.32 Å². The van der Waals surface area contributed by atoms with Gasteiger partial charge in [0, 0.05) is 17.2 Å². The Hall–Kier alpha value is -1.42. The summed E-state index contributed by atoms with van der Waals surface area (Å²) in [6, 6.07) is 8.21. The molecule has 13 heavy (non-hydrogen) atoms. The molecule has 0 aliphatic heterocycles. The molecule has 3 nitrogen and oxygen atoms in total. The van der Waals surface area contributed by atoms with Crippen molar-refractivity contribution in [3.63, 3.8) is 0 Å². The molecular formula is C9H9N3S. The van der Waals surface area contributed by atoms with E-state index < -0.39 is 0 Å². The van der Waals surface area contributed by atoms with Gasteiger partial charge in [0.05, 0.1) is 6.20 Å². The molecule has 2 rings (SSSR count). The molecule has 2 aromatic rings. The fourth-order valence-corrected chi connectivity index (χ4v) is 1.44. The zero-order chi connectivity index (χ0) is 9.10. The first kappa shape index (κ1) is 8.19. The molecule has 0 bridgehead atoms. The van der Waals surface area contributed by atoms with E-state index >= 15 is 0 Å². The molecule has 0 amide bonds. The van der Waals surface area contributed by atoms with Gasteiger partial charge in [-0.05, 0) is 19.1 Å². The van der Waals surface area contributed by atoms with Crippen LogP contribution in [0.1, 0.15) is 5.56 Å². The van der Waals surface area contributed by atoms with Crippen molar-refractivity contribution in [1.82, 2.24) is 9.59 Å². The number of rotatable bonds is 2. The molecule has 1 N–H and O–H groups in total. The van der Waals surface area contributed by atoms with Gasteiger partial charge in [0.2, 0.25) is 0 Å². The van der Waals surface area contributed by atoms with E-state index in [1.54, 1.807) is 6.20 Å². The number of nitrogens with one attached hydrogen (secondary N) is 1. The van der Waals surface area contributed by atoms with Crippen LogP contribution in [0.5, 0.6) is 0 Å². The van der Waals surface area contributed by atoms with Crippen LogP contribution in [0.25, 0.3) is 0 Å². The fourth-order valence-electron chi connectivity index (χ4n) is 1.00. The molecule has 1 aromatic carbocycles. The fraction of sp³-hybridized carbons (Fsp3) is 0.111. The summed E-state index contributed by atoms with van der Waals surface area (Å²) in [6.07, 6.45) is 1.71. The third-order valence-electron chi connectivity index (χ3n) is 1.68. The van der Waals surface area contributed by atoms with Crippen molar-refractivity contribution in [3.05, 3.63) is 36.0 Å². The lowest BCUT2D eigenvalue weighted by atomic mass is 10.2. The third-order valence-corrected chi connectivity index (χ3v) is 2.26. The molecule has 0 radical (unpaired) electrons. The number of anilines is 2. The average Bonchev–Trinajstić information content (AvgIpc) is 2.62. The van der Waals surface area contributed by atoms with Gasteiger partial charge in [-0.1, -0.05) is 22.2 Å². The number of benzene rings is 1. The van der Waals surface area contributed by atoms with Crippen LogP contribution < -0.4 is 5.32 Å². The summed E-state index contributed by atoms with van der Waals surface area (Å²) in [5.74, 6) is 0. The molecule has 66 valence electrons. The van der Waals surface area contributed by atoms with E-state index in [1.165, 1.54) is 17.1 Å². The number of nitrogens with zero attached hydrogens (tertiary/aromatic N) is 2. The van der Waals surface area contributed by atoms with E-state index in [2.05, 4.69) is 34.0 Å². The highest BCUT2D eigenvalue weighted by Gasteiger charge is 1.95. The summed E-state index contributed by atoms with van der Waals surface area (Å²) >= 11 is 1.35. The summed E-state index contributed by atoms with van der Waals surface area (Å²) in [5.41, 5.74) is 2.32. The normalized spacial score (nSPS) is 9.92. The maximum Gasteiger partial charge on any atom is 0.134 e. The predicted octanol–water partition coefficient (Wildman–Crippen LogP) is 2.59. The molecular weight excluding hydrogens is 182 g/mol. The van der Waals surface area contributed by atoms with Crippen molar-refractivity contribution < 1.29 is 0 Å². The molecule has 0 saturated heterocycles. The van der Waals surface area contributed by atoms with E-state index in [0.717, 1.165) is 10.7 Å². The van der Waals surface area contributed by atoms with Gasteiger partial charge in [0.25, 0.3) is 0 Å². The summed E-state index contributed by atoms with van der Waals surface area (Å²) in [6.45, 7) is 2.07. The van der Waals surface area contributed by atoms with Crippen LogP contribution >= 0.6 is 11.5 Å². The highest BCUT2D eigenvalue weighted by Crippen LogP contribution is 2.18. The number of hydrogen-bond donors (Lipinski definition) is 1. The summed E-state index contributed by atoms with van der Waals surface area (Å²) in [5, 5.41) is 7.91. The average molecular weight is 191 g/mol. The van der Waals surface area contributed by atoms with E-state index in [4.69, 9.17) is 0 Å². The Bertz CT molecular complexity index is 366. The smallest absolute Gasteiger partial charge is 0.134 e. The van der Waals surface area contributed by atoms with Crippen LogP contribution in [0.15, 0.2) is 30.5 Å². The van der Waals surface area contributed by atoms with Gasteiger partial charge in [-0.2, -0.15) is 0 Å². The van der Waals surface area contributed by atoms with Gasteiger partial charge in [-0.15, -0.1) is 5.10 Å². The molecule has 1 aromatic heterocycles. The second-order valence-corrected chi connectivity index (χ2v) is 3.56. The maximum atomic E-state index is 3.77. The van der Waals surface area contributed by atoms with Crippen molar-refractivity contribution in [3.8, 4) is 0 Å².